The van der Waals surface area contributed by atoms with Crippen molar-refractivity contribution >= 4 is 43.4 Å². The first-order valence-corrected chi connectivity index (χ1v) is 16.8. The van der Waals surface area contributed by atoms with E-state index in [1.807, 2.05) is 66.7 Å². The summed E-state index contributed by atoms with van der Waals surface area (Å²) in [5.74, 6) is 0.627. The minimum absolute atomic E-state index is 0.00447. The van der Waals surface area contributed by atoms with Crippen LogP contribution in [0.4, 0.5) is 0 Å². The fraction of sp³-hybridized carbons (Fsp3) is 0. The third-order valence-electron chi connectivity index (χ3n) is 9.49. The van der Waals surface area contributed by atoms with Gasteiger partial charge < -0.3 is 4.57 Å². The molecule has 0 N–H and O–H groups in total. The van der Waals surface area contributed by atoms with Gasteiger partial charge in [-0.15, -0.1) is 0 Å². The summed E-state index contributed by atoms with van der Waals surface area (Å²) < 4.78 is 45.0. The Hall–Kier alpha value is -6.91. The molecule has 2 heterocycles. The molecule has 0 radical (unpaired) electrons. The zero-order valence-corrected chi connectivity index (χ0v) is 27.2. The molecule has 0 aliphatic rings. The lowest BCUT2D eigenvalue weighted by Crippen LogP contribution is -2.02. The fourth-order valence-corrected chi connectivity index (χ4v) is 7.08. The van der Waals surface area contributed by atoms with E-state index in [-0.39, 0.29) is 23.5 Å². The molecular formula is C47H30N4. The number of para-hydroxylation sites is 1. The molecular weight excluding hydrogens is 621 g/mol. The lowest BCUT2D eigenvalue weighted by molar-refractivity contribution is 1.07. The topological polar surface area (TPSA) is 43.6 Å². The molecule has 4 nitrogen and oxygen atoms in total. The summed E-state index contributed by atoms with van der Waals surface area (Å²) in [5.41, 5.74) is 6.59. The predicted octanol–water partition coefficient (Wildman–Crippen LogP) is 11.9. The molecule has 0 fully saturated rings. The van der Waals surface area contributed by atoms with Gasteiger partial charge in [-0.05, 0) is 63.7 Å². The Morgan fingerprint density at radius 3 is 1.80 bits per heavy atom. The quantitative estimate of drug-likeness (QED) is 0.185. The van der Waals surface area contributed by atoms with Gasteiger partial charge in [-0.2, -0.15) is 0 Å². The lowest BCUT2D eigenvalue weighted by Gasteiger charge is -2.15. The average molecular weight is 656 g/mol. The molecule has 0 atom stereocenters. The van der Waals surface area contributed by atoms with Gasteiger partial charge in [0.2, 0.25) is 0 Å². The average Bonchev–Trinajstić information content (AvgIpc) is 3.58. The van der Waals surface area contributed by atoms with Crippen molar-refractivity contribution < 1.29 is 6.85 Å². The Labute approximate surface area is 302 Å². The maximum Gasteiger partial charge on any atom is 0.164 e. The zero-order valence-electron chi connectivity index (χ0n) is 32.2. The molecule has 2 aromatic heterocycles. The molecule has 51 heavy (non-hydrogen) atoms. The summed E-state index contributed by atoms with van der Waals surface area (Å²) in [6.07, 6.45) is 0. The van der Waals surface area contributed by atoms with Crippen LogP contribution in [0.5, 0.6) is 0 Å². The molecule has 238 valence electrons. The summed E-state index contributed by atoms with van der Waals surface area (Å²) in [7, 11) is 0. The Bertz CT molecular complexity index is 3180. The molecule has 0 bridgehead atoms. The molecule has 0 saturated heterocycles. The number of rotatable bonds is 5. The third kappa shape index (κ3) is 5.04. The maximum atomic E-state index is 8.81. The smallest absolute Gasteiger partial charge is 0.164 e. The van der Waals surface area contributed by atoms with Gasteiger partial charge in [-0.25, -0.2) is 15.0 Å². The summed E-state index contributed by atoms with van der Waals surface area (Å²) in [6.45, 7) is 0. The van der Waals surface area contributed by atoms with Gasteiger partial charge >= 0.3 is 0 Å². The van der Waals surface area contributed by atoms with Crippen molar-refractivity contribution in [3.8, 4) is 51.0 Å². The van der Waals surface area contributed by atoms with Crippen LogP contribution in [0.1, 0.15) is 6.85 Å². The second-order valence-corrected chi connectivity index (χ2v) is 12.5. The molecule has 10 aromatic rings. The van der Waals surface area contributed by atoms with Gasteiger partial charge in [0.05, 0.1) is 23.6 Å². The standard InChI is InChI=1S/C47H30N4/c1-3-13-31(14-4-1)35-25-26-43-41(29-35)40-21-11-12-22-42(40)51(43)44-30-38(28-36-19-9-10-20-39(36)44)47-49-45(33-16-5-2-6-17-33)48-46(50-47)37-24-23-32-15-7-8-18-34(32)27-37/h1-30H/i2D,5D,6D,16D,17D. The number of fused-ring (bicyclic) bond motifs is 5. The molecule has 0 aliphatic heterocycles. The van der Waals surface area contributed by atoms with Crippen molar-refractivity contribution in [1.29, 1.82) is 0 Å². The number of hydrogen-bond donors (Lipinski definition) is 0. The summed E-state index contributed by atoms with van der Waals surface area (Å²) in [6, 6.07) is 49.5. The first-order valence-electron chi connectivity index (χ1n) is 19.3. The molecule has 0 saturated carbocycles. The van der Waals surface area contributed by atoms with Crippen LogP contribution in [0, 0.1) is 0 Å². The number of aromatic nitrogens is 4. The summed E-state index contributed by atoms with van der Waals surface area (Å²) in [4.78, 5) is 14.7. The molecule has 4 heteroatoms. The highest BCUT2D eigenvalue weighted by atomic mass is 15.0. The van der Waals surface area contributed by atoms with E-state index in [0.717, 1.165) is 60.2 Å². The predicted molar refractivity (Wildman–Crippen MR) is 211 cm³/mol. The third-order valence-corrected chi connectivity index (χ3v) is 9.49. The number of benzene rings is 8. The van der Waals surface area contributed by atoms with Crippen LogP contribution in [-0.2, 0) is 0 Å². The molecule has 10 rings (SSSR count). The monoisotopic (exact) mass is 655 g/mol. The van der Waals surface area contributed by atoms with Crippen LogP contribution in [0.2, 0.25) is 0 Å². The van der Waals surface area contributed by atoms with Gasteiger partial charge in [-0.3, -0.25) is 0 Å². The molecule has 8 aromatic carbocycles. The van der Waals surface area contributed by atoms with Crippen LogP contribution < -0.4 is 0 Å². The summed E-state index contributed by atoms with van der Waals surface area (Å²) >= 11 is 0. The normalized spacial score (nSPS) is 12.9. The second-order valence-electron chi connectivity index (χ2n) is 12.5. The fourth-order valence-electron chi connectivity index (χ4n) is 7.08. The highest BCUT2D eigenvalue weighted by molar-refractivity contribution is 6.12. The minimum atomic E-state index is -0.478. The van der Waals surface area contributed by atoms with Crippen molar-refractivity contribution in [3.05, 3.63) is 182 Å². The molecule has 0 amide bonds. The maximum absolute atomic E-state index is 8.81. The van der Waals surface area contributed by atoms with E-state index in [2.05, 4.69) is 89.5 Å². The van der Waals surface area contributed by atoms with Crippen LogP contribution in [0.3, 0.4) is 0 Å². The lowest BCUT2D eigenvalue weighted by atomic mass is 10.0. The van der Waals surface area contributed by atoms with Crippen LogP contribution in [-0.4, -0.2) is 19.5 Å². The first kappa shape index (κ1) is 24.3. The van der Waals surface area contributed by atoms with E-state index in [0.29, 0.717) is 22.8 Å². The van der Waals surface area contributed by atoms with Crippen LogP contribution in [0.15, 0.2) is 182 Å². The highest BCUT2D eigenvalue weighted by Gasteiger charge is 2.19. The van der Waals surface area contributed by atoms with Crippen molar-refractivity contribution in [2.45, 2.75) is 0 Å². The second kappa shape index (κ2) is 11.9. The van der Waals surface area contributed by atoms with Crippen LogP contribution >= 0.6 is 0 Å². The van der Waals surface area contributed by atoms with Crippen molar-refractivity contribution in [2.24, 2.45) is 0 Å². The van der Waals surface area contributed by atoms with Crippen molar-refractivity contribution in [3.63, 3.8) is 0 Å². The van der Waals surface area contributed by atoms with Crippen molar-refractivity contribution in [2.75, 3.05) is 0 Å². The molecule has 0 aliphatic carbocycles. The van der Waals surface area contributed by atoms with Crippen LogP contribution in [0.25, 0.3) is 94.3 Å². The van der Waals surface area contributed by atoms with E-state index in [1.165, 1.54) is 0 Å². The largest absolute Gasteiger partial charge is 0.309 e. The van der Waals surface area contributed by atoms with Gasteiger partial charge in [0, 0.05) is 32.8 Å². The van der Waals surface area contributed by atoms with E-state index in [1.54, 1.807) is 0 Å². The van der Waals surface area contributed by atoms with E-state index < -0.39 is 18.1 Å². The van der Waals surface area contributed by atoms with E-state index in [9.17, 15) is 0 Å². The zero-order chi connectivity index (χ0) is 38.1. The Morgan fingerprint density at radius 1 is 0.373 bits per heavy atom. The summed E-state index contributed by atoms with van der Waals surface area (Å²) in [5, 5.41) is 6.28. The highest BCUT2D eigenvalue weighted by Crippen LogP contribution is 2.39. The first-order chi connectivity index (χ1) is 27.3. The number of hydrogen-bond acceptors (Lipinski definition) is 3. The van der Waals surface area contributed by atoms with Gasteiger partial charge in [0.1, 0.15) is 0 Å². The number of nitrogens with zero attached hydrogens (tertiary/aromatic N) is 4. The van der Waals surface area contributed by atoms with E-state index in [4.69, 9.17) is 21.8 Å². The van der Waals surface area contributed by atoms with Gasteiger partial charge in [-0.1, -0.05) is 145 Å². The van der Waals surface area contributed by atoms with Crippen molar-refractivity contribution in [1.82, 2.24) is 19.5 Å². The minimum Gasteiger partial charge on any atom is -0.309 e. The Kier molecular flexibility index (Phi) is 5.66. The van der Waals surface area contributed by atoms with Gasteiger partial charge in [0.25, 0.3) is 0 Å². The molecule has 0 unspecified atom stereocenters. The Balaban J connectivity index is 1.25. The SMILES string of the molecule is [2H]c1c([2H])c([2H])c(-c2nc(-c3ccc4ccccc4c3)nc(-c3cc(-n4c5ccccc5c5cc(-c6ccccc6)ccc54)c4ccccc4c3)n2)c([2H])c1[2H]. The molecule has 0 spiro atoms. The van der Waals surface area contributed by atoms with Gasteiger partial charge in [0.15, 0.2) is 17.5 Å². The Morgan fingerprint density at radius 2 is 0.980 bits per heavy atom. The van der Waals surface area contributed by atoms with E-state index >= 15 is 0 Å².